The molecule has 0 spiro atoms. The number of carbonyl (C=O) groups excluding carboxylic acids is 2. The molecule has 0 unspecified atom stereocenters. The summed E-state index contributed by atoms with van der Waals surface area (Å²) in [7, 11) is 0. The molecular formula is C20H18N4O5. The molecule has 1 aromatic carbocycles. The van der Waals surface area contributed by atoms with Crippen molar-refractivity contribution in [1.82, 2.24) is 9.80 Å². The number of aromatic carboxylic acids is 1. The molecule has 2 N–H and O–H groups in total. The molecule has 148 valence electrons. The summed E-state index contributed by atoms with van der Waals surface area (Å²) in [5.74, 6) is -1.57. The fourth-order valence-corrected chi connectivity index (χ4v) is 2.83. The van der Waals surface area contributed by atoms with Gasteiger partial charge in [0.05, 0.1) is 11.8 Å². The second kappa shape index (κ2) is 8.75. The van der Waals surface area contributed by atoms with Gasteiger partial charge in [-0.3, -0.25) is 9.59 Å². The number of rotatable bonds is 5. The number of carboxylic acid groups (broad SMARTS) is 1. The monoisotopic (exact) mass is 394 g/mol. The Balaban J connectivity index is 1.58. The zero-order chi connectivity index (χ0) is 20.8. The Morgan fingerprint density at radius 1 is 1.10 bits per heavy atom. The van der Waals surface area contributed by atoms with Crippen LogP contribution in [-0.2, 0) is 4.79 Å². The van der Waals surface area contributed by atoms with Crippen LogP contribution < -0.4 is 5.32 Å². The van der Waals surface area contributed by atoms with Crippen LogP contribution in [0, 0.1) is 11.3 Å². The fraction of sp³-hybridized carbons (Fsp3) is 0.200. The lowest BCUT2D eigenvalue weighted by molar-refractivity contribution is -0.112. The number of carbonyl (C=O) groups is 3. The predicted octanol–water partition coefficient (Wildman–Crippen LogP) is 1.78. The van der Waals surface area contributed by atoms with Crippen LogP contribution >= 0.6 is 0 Å². The lowest BCUT2D eigenvalue weighted by Crippen LogP contribution is -2.47. The van der Waals surface area contributed by atoms with E-state index in [0.29, 0.717) is 31.9 Å². The maximum absolute atomic E-state index is 12.3. The number of amides is 2. The van der Waals surface area contributed by atoms with Gasteiger partial charge >= 0.3 is 5.97 Å². The van der Waals surface area contributed by atoms with E-state index in [1.807, 2.05) is 6.07 Å². The minimum Gasteiger partial charge on any atom is -0.478 e. The second-order valence-electron chi connectivity index (χ2n) is 6.30. The number of furan rings is 1. The Bertz CT molecular complexity index is 965. The third-order valence-corrected chi connectivity index (χ3v) is 4.40. The Morgan fingerprint density at radius 3 is 2.34 bits per heavy atom. The summed E-state index contributed by atoms with van der Waals surface area (Å²) in [6.45, 7) is 1.82. The van der Waals surface area contributed by atoms with E-state index < -0.39 is 11.9 Å². The fourth-order valence-electron chi connectivity index (χ4n) is 2.83. The van der Waals surface area contributed by atoms with Gasteiger partial charge in [-0.15, -0.1) is 0 Å². The van der Waals surface area contributed by atoms with Crippen molar-refractivity contribution in [2.24, 2.45) is 0 Å². The van der Waals surface area contributed by atoms with Crippen molar-refractivity contribution in [2.45, 2.75) is 0 Å². The highest BCUT2D eigenvalue weighted by Crippen LogP contribution is 2.13. The zero-order valence-electron chi connectivity index (χ0n) is 15.4. The van der Waals surface area contributed by atoms with Crippen LogP contribution in [0.2, 0.25) is 0 Å². The van der Waals surface area contributed by atoms with Gasteiger partial charge in [-0.25, -0.2) is 4.79 Å². The third-order valence-electron chi connectivity index (χ3n) is 4.40. The summed E-state index contributed by atoms with van der Waals surface area (Å²) in [5, 5.41) is 20.8. The maximum Gasteiger partial charge on any atom is 0.335 e. The Morgan fingerprint density at radius 2 is 1.79 bits per heavy atom. The number of anilines is 1. The Labute approximate surface area is 166 Å². The first-order valence-electron chi connectivity index (χ1n) is 8.81. The second-order valence-corrected chi connectivity index (χ2v) is 6.30. The van der Waals surface area contributed by atoms with Crippen molar-refractivity contribution in [3.05, 3.63) is 65.8 Å². The highest BCUT2D eigenvalue weighted by molar-refractivity contribution is 6.06. The molecule has 1 aliphatic heterocycles. The van der Waals surface area contributed by atoms with E-state index in [1.165, 1.54) is 36.7 Å². The van der Waals surface area contributed by atoms with Crippen LogP contribution in [0.4, 0.5) is 5.69 Å². The molecule has 2 heterocycles. The van der Waals surface area contributed by atoms with E-state index >= 15 is 0 Å². The number of hydrogen-bond donors (Lipinski definition) is 2. The highest BCUT2D eigenvalue weighted by Gasteiger charge is 2.23. The minimum absolute atomic E-state index is 0.0851. The number of nitriles is 1. The smallest absolute Gasteiger partial charge is 0.335 e. The lowest BCUT2D eigenvalue weighted by atomic mass is 10.2. The molecule has 9 nitrogen and oxygen atoms in total. The van der Waals surface area contributed by atoms with Gasteiger partial charge in [0, 0.05) is 38.1 Å². The molecule has 0 atom stereocenters. The van der Waals surface area contributed by atoms with Crippen molar-refractivity contribution < 1.29 is 23.9 Å². The predicted molar refractivity (Wildman–Crippen MR) is 102 cm³/mol. The van der Waals surface area contributed by atoms with Gasteiger partial charge in [-0.1, -0.05) is 0 Å². The van der Waals surface area contributed by atoms with E-state index in [2.05, 4.69) is 5.32 Å². The van der Waals surface area contributed by atoms with Gasteiger partial charge < -0.3 is 24.6 Å². The van der Waals surface area contributed by atoms with E-state index in [-0.39, 0.29) is 22.8 Å². The first-order chi connectivity index (χ1) is 14.0. The average molecular weight is 394 g/mol. The summed E-state index contributed by atoms with van der Waals surface area (Å²) >= 11 is 0. The first kappa shape index (κ1) is 19.7. The first-order valence-corrected chi connectivity index (χ1v) is 8.81. The standard InChI is InChI=1S/C20H18N4O5/c21-12-15(18(25)22-16-5-3-14(4-6-16)20(27)28)13-23-7-9-24(10-8-23)19(26)17-2-1-11-29-17/h1-6,11,13H,7-10H2,(H,22,25)(H,27,28)/b15-13-. The van der Waals surface area contributed by atoms with Crippen molar-refractivity contribution in [2.75, 3.05) is 31.5 Å². The molecule has 9 heteroatoms. The number of benzene rings is 1. The van der Waals surface area contributed by atoms with E-state index in [1.54, 1.807) is 21.9 Å². The molecule has 1 aromatic heterocycles. The van der Waals surface area contributed by atoms with Crippen molar-refractivity contribution in [3.63, 3.8) is 0 Å². The molecule has 1 saturated heterocycles. The van der Waals surface area contributed by atoms with Crippen molar-refractivity contribution >= 4 is 23.5 Å². The molecule has 29 heavy (non-hydrogen) atoms. The molecule has 0 radical (unpaired) electrons. The lowest BCUT2D eigenvalue weighted by Gasteiger charge is -2.33. The highest BCUT2D eigenvalue weighted by atomic mass is 16.4. The van der Waals surface area contributed by atoms with E-state index in [9.17, 15) is 19.6 Å². The quantitative estimate of drug-likeness (QED) is 0.584. The third kappa shape index (κ3) is 4.81. The summed E-state index contributed by atoms with van der Waals surface area (Å²) < 4.78 is 5.12. The zero-order valence-corrected chi connectivity index (χ0v) is 15.4. The van der Waals surface area contributed by atoms with Crippen molar-refractivity contribution in [1.29, 1.82) is 5.26 Å². The van der Waals surface area contributed by atoms with Crippen LogP contribution in [0.15, 0.2) is 58.9 Å². The van der Waals surface area contributed by atoms with Gasteiger partial charge in [0.15, 0.2) is 5.76 Å². The van der Waals surface area contributed by atoms with E-state index in [0.717, 1.165) is 0 Å². The molecule has 0 saturated carbocycles. The molecule has 2 aromatic rings. The van der Waals surface area contributed by atoms with Crippen LogP contribution in [0.3, 0.4) is 0 Å². The summed E-state index contributed by atoms with van der Waals surface area (Å²) in [5.41, 5.74) is 0.397. The Kier molecular flexibility index (Phi) is 5.94. The number of carboxylic acids is 1. The molecule has 2 amide bonds. The number of piperazine rings is 1. The Hall–Kier alpha value is -4.06. The number of nitrogens with zero attached hydrogens (tertiary/aromatic N) is 3. The summed E-state index contributed by atoms with van der Waals surface area (Å²) in [6, 6.07) is 10.8. The van der Waals surface area contributed by atoms with Crippen LogP contribution in [-0.4, -0.2) is 58.9 Å². The molecule has 1 aliphatic rings. The van der Waals surface area contributed by atoms with Crippen LogP contribution in [0.25, 0.3) is 0 Å². The van der Waals surface area contributed by atoms with Crippen molar-refractivity contribution in [3.8, 4) is 6.07 Å². The van der Waals surface area contributed by atoms with E-state index in [4.69, 9.17) is 9.52 Å². The minimum atomic E-state index is -1.06. The largest absolute Gasteiger partial charge is 0.478 e. The van der Waals surface area contributed by atoms with Crippen LogP contribution in [0.1, 0.15) is 20.9 Å². The molecule has 0 aliphatic carbocycles. The van der Waals surface area contributed by atoms with Gasteiger partial charge in [-0.2, -0.15) is 5.26 Å². The van der Waals surface area contributed by atoms with Gasteiger partial charge in [0.25, 0.3) is 11.8 Å². The molecule has 3 rings (SSSR count). The summed E-state index contributed by atoms with van der Waals surface area (Å²) in [4.78, 5) is 38.9. The number of nitrogens with one attached hydrogen (secondary N) is 1. The summed E-state index contributed by atoms with van der Waals surface area (Å²) in [6.07, 6.45) is 2.91. The van der Waals surface area contributed by atoms with Gasteiger partial charge in [0.1, 0.15) is 11.6 Å². The SMILES string of the molecule is N#C/C(=C/N1CCN(C(=O)c2ccco2)CC1)C(=O)Nc1ccc(C(=O)O)cc1. The topological polar surface area (TPSA) is 127 Å². The molecule has 0 bridgehead atoms. The molecule has 1 fully saturated rings. The molecular weight excluding hydrogens is 376 g/mol. The van der Waals surface area contributed by atoms with Crippen LogP contribution in [0.5, 0.6) is 0 Å². The maximum atomic E-state index is 12.3. The van der Waals surface area contributed by atoms with Gasteiger partial charge in [0.2, 0.25) is 0 Å². The van der Waals surface area contributed by atoms with Gasteiger partial charge in [-0.05, 0) is 36.4 Å². The average Bonchev–Trinajstić information content (AvgIpc) is 3.27. The number of hydrogen-bond acceptors (Lipinski definition) is 6. The normalized spacial score (nSPS) is 14.2.